The number of halogens is 1. The van der Waals surface area contributed by atoms with Gasteiger partial charge in [0, 0.05) is 53.6 Å². The van der Waals surface area contributed by atoms with Crippen molar-refractivity contribution >= 4 is 35.8 Å². The Balaban J connectivity index is 0.00000529. The van der Waals surface area contributed by atoms with Gasteiger partial charge in [0.15, 0.2) is 5.96 Å². The highest BCUT2D eigenvalue weighted by Crippen LogP contribution is 2.09. The summed E-state index contributed by atoms with van der Waals surface area (Å²) >= 11 is 0. The van der Waals surface area contributed by atoms with Crippen LogP contribution in [0.3, 0.4) is 0 Å². The smallest absolute Gasteiger partial charge is 0.191 e. The minimum atomic E-state index is 0. The van der Waals surface area contributed by atoms with Crippen molar-refractivity contribution in [2.75, 3.05) is 45.8 Å². The number of guanidine groups is 1. The summed E-state index contributed by atoms with van der Waals surface area (Å²) in [7, 11) is 5.76. The van der Waals surface area contributed by atoms with Crippen molar-refractivity contribution in [1.29, 1.82) is 0 Å². The molecular weight excluding hydrogens is 417 g/mol. The highest BCUT2D eigenvalue weighted by Gasteiger charge is 2.01. The fourth-order valence-electron chi connectivity index (χ4n) is 1.92. The molecule has 0 aliphatic heterocycles. The lowest BCUT2D eigenvalue weighted by molar-refractivity contribution is 0.108. The van der Waals surface area contributed by atoms with Crippen molar-refractivity contribution in [3.05, 3.63) is 23.9 Å². The van der Waals surface area contributed by atoms with Crippen LogP contribution < -0.4 is 15.5 Å². The summed E-state index contributed by atoms with van der Waals surface area (Å²) in [4.78, 5) is 10.5. The number of nitrogens with one attached hydrogen (secondary N) is 2. The quantitative estimate of drug-likeness (QED) is 0.263. The van der Waals surface area contributed by atoms with Crippen molar-refractivity contribution in [3.63, 3.8) is 0 Å². The molecule has 0 fully saturated rings. The van der Waals surface area contributed by atoms with E-state index in [1.54, 1.807) is 7.05 Å². The Hall–Kier alpha value is -1.09. The summed E-state index contributed by atoms with van der Waals surface area (Å²) < 4.78 is 5.56. The number of hydrogen-bond acceptors (Lipinski definition) is 4. The molecule has 1 rings (SSSR count). The molecule has 1 aromatic heterocycles. The summed E-state index contributed by atoms with van der Waals surface area (Å²) in [5.41, 5.74) is 1.17. The Kier molecular flexibility index (Phi) is 12.6. The van der Waals surface area contributed by atoms with E-state index in [0.717, 1.165) is 38.0 Å². The zero-order valence-electron chi connectivity index (χ0n) is 15.5. The zero-order chi connectivity index (χ0) is 17.1. The molecule has 0 radical (unpaired) electrons. The summed E-state index contributed by atoms with van der Waals surface area (Å²) in [6, 6.07) is 4.08. The lowest BCUT2D eigenvalue weighted by Gasteiger charge is -2.14. The molecule has 6 nitrogen and oxygen atoms in total. The molecule has 0 spiro atoms. The van der Waals surface area contributed by atoms with Crippen molar-refractivity contribution in [2.45, 2.75) is 26.8 Å². The summed E-state index contributed by atoms with van der Waals surface area (Å²) in [6.07, 6.45) is 2.79. The average Bonchev–Trinajstić information content (AvgIpc) is 2.53. The second kappa shape index (κ2) is 13.2. The van der Waals surface area contributed by atoms with Crippen LogP contribution in [-0.2, 0) is 11.3 Å². The first-order valence-corrected chi connectivity index (χ1v) is 8.17. The Morgan fingerprint density at radius 2 is 2.08 bits per heavy atom. The minimum Gasteiger partial charge on any atom is -0.381 e. The van der Waals surface area contributed by atoms with Crippen LogP contribution in [0.15, 0.2) is 23.3 Å². The van der Waals surface area contributed by atoms with E-state index < -0.39 is 0 Å². The number of rotatable bonds is 9. The first kappa shape index (κ1) is 22.9. The molecule has 0 saturated heterocycles. The number of aromatic nitrogens is 1. The average molecular weight is 449 g/mol. The van der Waals surface area contributed by atoms with Crippen LogP contribution >= 0.6 is 24.0 Å². The molecule has 0 aliphatic carbocycles. The molecule has 0 atom stereocenters. The van der Waals surface area contributed by atoms with Crippen LogP contribution in [0.1, 0.15) is 25.8 Å². The zero-order valence-corrected chi connectivity index (χ0v) is 17.8. The van der Waals surface area contributed by atoms with Crippen LogP contribution in [0.25, 0.3) is 0 Å². The SMILES string of the molecule is CN=C(NCCCOCC(C)C)NCc1ccnc(N(C)C)c1.I. The molecule has 2 N–H and O–H groups in total. The first-order valence-electron chi connectivity index (χ1n) is 8.17. The Morgan fingerprint density at radius 3 is 2.71 bits per heavy atom. The maximum Gasteiger partial charge on any atom is 0.191 e. The highest BCUT2D eigenvalue weighted by atomic mass is 127. The third-order valence-corrected chi connectivity index (χ3v) is 3.16. The first-order chi connectivity index (χ1) is 11.0. The molecule has 0 aliphatic rings. The molecule has 0 aromatic carbocycles. The van der Waals surface area contributed by atoms with E-state index in [9.17, 15) is 0 Å². The lowest BCUT2D eigenvalue weighted by atomic mass is 10.2. The predicted octanol–water partition coefficient (Wildman–Crippen LogP) is 2.49. The minimum absolute atomic E-state index is 0. The molecule has 1 heterocycles. The monoisotopic (exact) mass is 449 g/mol. The Bertz CT molecular complexity index is 480. The molecule has 24 heavy (non-hydrogen) atoms. The molecule has 0 bridgehead atoms. The standard InChI is InChI=1S/C17H31N5O.HI/c1-14(2)13-23-10-6-8-20-17(18-3)21-12-15-7-9-19-16(11-15)22(4)5;/h7,9,11,14H,6,8,10,12-13H2,1-5H3,(H2,18,20,21);1H. The van der Waals surface area contributed by atoms with Gasteiger partial charge >= 0.3 is 0 Å². The fraction of sp³-hybridized carbons (Fsp3) is 0.647. The van der Waals surface area contributed by atoms with Gasteiger partial charge in [-0.3, -0.25) is 4.99 Å². The fourth-order valence-corrected chi connectivity index (χ4v) is 1.92. The number of hydrogen-bond donors (Lipinski definition) is 2. The van der Waals surface area contributed by atoms with Gasteiger partial charge in [0.05, 0.1) is 0 Å². The van der Waals surface area contributed by atoms with Gasteiger partial charge in [-0.15, -0.1) is 24.0 Å². The van der Waals surface area contributed by atoms with Crippen LogP contribution in [-0.4, -0.2) is 51.8 Å². The number of pyridine rings is 1. The molecule has 0 amide bonds. The molecular formula is C17H32IN5O. The maximum absolute atomic E-state index is 5.56. The number of ether oxygens (including phenoxy) is 1. The van der Waals surface area contributed by atoms with Crippen molar-refractivity contribution in [3.8, 4) is 0 Å². The molecule has 1 aromatic rings. The van der Waals surface area contributed by atoms with Crippen molar-refractivity contribution in [1.82, 2.24) is 15.6 Å². The summed E-state index contributed by atoms with van der Waals surface area (Å²) in [5.74, 6) is 2.34. The largest absolute Gasteiger partial charge is 0.381 e. The van der Waals surface area contributed by atoms with Crippen LogP contribution in [0.4, 0.5) is 5.82 Å². The second-order valence-corrected chi connectivity index (χ2v) is 6.09. The summed E-state index contributed by atoms with van der Waals surface area (Å²) in [6.45, 7) is 7.47. The highest BCUT2D eigenvalue weighted by molar-refractivity contribution is 14.0. The van der Waals surface area contributed by atoms with E-state index in [-0.39, 0.29) is 24.0 Å². The molecule has 7 heteroatoms. The van der Waals surface area contributed by atoms with E-state index in [1.807, 2.05) is 31.3 Å². The van der Waals surface area contributed by atoms with Gasteiger partial charge in [0.2, 0.25) is 0 Å². The maximum atomic E-state index is 5.56. The van der Waals surface area contributed by atoms with Crippen LogP contribution in [0, 0.1) is 5.92 Å². The topological polar surface area (TPSA) is 61.8 Å². The normalized spacial score (nSPS) is 11.2. The van der Waals surface area contributed by atoms with Gasteiger partial charge in [-0.05, 0) is 30.0 Å². The van der Waals surface area contributed by atoms with Gasteiger partial charge in [0.1, 0.15) is 5.82 Å². The Labute approximate surface area is 163 Å². The van der Waals surface area contributed by atoms with E-state index in [1.165, 1.54) is 5.56 Å². The van der Waals surface area contributed by atoms with E-state index in [0.29, 0.717) is 12.5 Å². The third kappa shape index (κ3) is 9.92. The van der Waals surface area contributed by atoms with Gasteiger partial charge in [-0.2, -0.15) is 0 Å². The molecule has 0 saturated carbocycles. The summed E-state index contributed by atoms with van der Waals surface area (Å²) in [5, 5.41) is 6.61. The van der Waals surface area contributed by atoms with Gasteiger partial charge in [-0.25, -0.2) is 4.98 Å². The molecule has 138 valence electrons. The van der Waals surface area contributed by atoms with Gasteiger partial charge < -0.3 is 20.3 Å². The van der Waals surface area contributed by atoms with Gasteiger partial charge in [-0.1, -0.05) is 13.8 Å². The lowest BCUT2D eigenvalue weighted by Crippen LogP contribution is -2.37. The van der Waals surface area contributed by atoms with Crippen molar-refractivity contribution in [2.24, 2.45) is 10.9 Å². The second-order valence-electron chi connectivity index (χ2n) is 6.09. The Morgan fingerprint density at radius 1 is 1.33 bits per heavy atom. The van der Waals surface area contributed by atoms with E-state index in [2.05, 4.69) is 40.5 Å². The molecule has 0 unspecified atom stereocenters. The van der Waals surface area contributed by atoms with Crippen molar-refractivity contribution < 1.29 is 4.74 Å². The number of nitrogens with zero attached hydrogens (tertiary/aromatic N) is 3. The third-order valence-electron chi connectivity index (χ3n) is 3.16. The van der Waals surface area contributed by atoms with Crippen LogP contribution in [0.5, 0.6) is 0 Å². The van der Waals surface area contributed by atoms with Gasteiger partial charge in [0.25, 0.3) is 0 Å². The van der Waals surface area contributed by atoms with Crippen LogP contribution in [0.2, 0.25) is 0 Å². The van der Waals surface area contributed by atoms with E-state index >= 15 is 0 Å². The van der Waals surface area contributed by atoms with E-state index in [4.69, 9.17) is 4.74 Å². The number of aliphatic imine (C=N–C) groups is 1. The predicted molar refractivity (Wildman–Crippen MR) is 112 cm³/mol. The number of anilines is 1.